The van der Waals surface area contributed by atoms with Gasteiger partial charge in [-0.25, -0.2) is 0 Å². The summed E-state index contributed by atoms with van der Waals surface area (Å²) >= 11 is 7.90. The lowest BCUT2D eigenvalue weighted by molar-refractivity contribution is 0.651. The zero-order chi connectivity index (χ0) is 16.1. The summed E-state index contributed by atoms with van der Waals surface area (Å²) in [6.07, 6.45) is 0.800. The van der Waals surface area contributed by atoms with Crippen LogP contribution in [0.25, 0.3) is 0 Å². The molecule has 118 valence electrons. The first kappa shape index (κ1) is 16.1. The van der Waals surface area contributed by atoms with Gasteiger partial charge in [-0.05, 0) is 24.1 Å². The van der Waals surface area contributed by atoms with Gasteiger partial charge in [0.1, 0.15) is 5.82 Å². The second kappa shape index (κ2) is 7.66. The van der Waals surface area contributed by atoms with Crippen molar-refractivity contribution >= 4 is 23.4 Å². The van der Waals surface area contributed by atoms with E-state index in [0.29, 0.717) is 0 Å². The van der Waals surface area contributed by atoms with Gasteiger partial charge < -0.3 is 4.57 Å². The fraction of sp³-hybridized carbons (Fsp3) is 0.222. The molecule has 2 aromatic carbocycles. The molecule has 0 saturated carbocycles. The Labute approximate surface area is 145 Å². The van der Waals surface area contributed by atoms with Gasteiger partial charge in [-0.2, -0.15) is 0 Å². The standard InChI is InChI=1S/C18H18ClN3S/c1-2-22-17(12-14-8-4-3-5-9-14)20-21-18(22)23-13-15-10-6-7-11-16(15)19/h3-11H,2,12-13H2,1H3. The third-order valence-electron chi connectivity index (χ3n) is 3.63. The molecule has 0 fully saturated rings. The Hall–Kier alpha value is -1.78. The first-order valence-electron chi connectivity index (χ1n) is 7.60. The normalized spacial score (nSPS) is 10.9. The van der Waals surface area contributed by atoms with Crippen LogP contribution in [0.5, 0.6) is 0 Å². The van der Waals surface area contributed by atoms with Gasteiger partial charge in [0.15, 0.2) is 5.16 Å². The van der Waals surface area contributed by atoms with Crippen molar-refractivity contribution in [3.05, 3.63) is 76.6 Å². The SMILES string of the molecule is CCn1c(Cc2ccccc2)nnc1SCc1ccccc1Cl. The third-order valence-corrected chi connectivity index (χ3v) is 5.01. The van der Waals surface area contributed by atoms with E-state index in [1.54, 1.807) is 11.8 Å². The van der Waals surface area contributed by atoms with Crippen molar-refractivity contribution < 1.29 is 0 Å². The molecule has 0 atom stereocenters. The van der Waals surface area contributed by atoms with E-state index < -0.39 is 0 Å². The van der Waals surface area contributed by atoms with Crippen molar-refractivity contribution in [3.63, 3.8) is 0 Å². The Morgan fingerprint density at radius 3 is 2.48 bits per heavy atom. The smallest absolute Gasteiger partial charge is 0.191 e. The topological polar surface area (TPSA) is 30.7 Å². The highest BCUT2D eigenvalue weighted by Gasteiger charge is 2.12. The molecule has 5 heteroatoms. The minimum absolute atomic E-state index is 0.795. The summed E-state index contributed by atoms with van der Waals surface area (Å²) in [6, 6.07) is 18.3. The molecule has 0 spiro atoms. The van der Waals surface area contributed by atoms with Crippen molar-refractivity contribution in [1.82, 2.24) is 14.8 Å². The Balaban J connectivity index is 1.74. The summed E-state index contributed by atoms with van der Waals surface area (Å²) in [4.78, 5) is 0. The zero-order valence-electron chi connectivity index (χ0n) is 12.9. The molecule has 3 nitrogen and oxygen atoms in total. The van der Waals surface area contributed by atoms with E-state index in [2.05, 4.69) is 46.0 Å². The number of nitrogens with zero attached hydrogens (tertiary/aromatic N) is 3. The van der Waals surface area contributed by atoms with Gasteiger partial charge in [0.25, 0.3) is 0 Å². The predicted molar refractivity (Wildman–Crippen MR) is 96.0 cm³/mol. The van der Waals surface area contributed by atoms with Crippen molar-refractivity contribution in [2.75, 3.05) is 0 Å². The molecule has 0 bridgehead atoms. The number of rotatable bonds is 6. The minimum Gasteiger partial charge on any atom is -0.306 e. The monoisotopic (exact) mass is 343 g/mol. The summed E-state index contributed by atoms with van der Waals surface area (Å²) in [5.41, 5.74) is 2.37. The van der Waals surface area contributed by atoms with Crippen LogP contribution >= 0.6 is 23.4 Å². The zero-order valence-corrected chi connectivity index (χ0v) is 14.5. The molecular formula is C18H18ClN3S. The summed E-state index contributed by atoms with van der Waals surface area (Å²) in [5, 5.41) is 10.5. The van der Waals surface area contributed by atoms with Gasteiger partial charge in [-0.15, -0.1) is 10.2 Å². The molecule has 0 amide bonds. The van der Waals surface area contributed by atoms with E-state index in [4.69, 9.17) is 11.6 Å². The average Bonchev–Trinajstić information content (AvgIpc) is 2.96. The van der Waals surface area contributed by atoms with Crippen LogP contribution in [-0.2, 0) is 18.7 Å². The highest BCUT2D eigenvalue weighted by Crippen LogP contribution is 2.26. The first-order chi connectivity index (χ1) is 11.3. The Bertz CT molecular complexity index is 771. The number of thioether (sulfide) groups is 1. The number of hydrogen-bond acceptors (Lipinski definition) is 3. The molecule has 0 aliphatic rings. The van der Waals surface area contributed by atoms with Crippen LogP contribution < -0.4 is 0 Å². The van der Waals surface area contributed by atoms with Crippen molar-refractivity contribution in [2.24, 2.45) is 0 Å². The third kappa shape index (κ3) is 3.95. The van der Waals surface area contributed by atoms with Crippen molar-refractivity contribution in [1.29, 1.82) is 0 Å². The lowest BCUT2D eigenvalue weighted by atomic mass is 10.1. The van der Waals surface area contributed by atoms with Gasteiger partial charge in [0.2, 0.25) is 0 Å². The second-order valence-electron chi connectivity index (χ2n) is 5.19. The second-order valence-corrected chi connectivity index (χ2v) is 6.54. The highest BCUT2D eigenvalue weighted by molar-refractivity contribution is 7.98. The molecule has 0 aliphatic carbocycles. The van der Waals surface area contributed by atoms with E-state index >= 15 is 0 Å². The van der Waals surface area contributed by atoms with E-state index in [1.165, 1.54) is 5.56 Å². The maximum absolute atomic E-state index is 6.22. The van der Waals surface area contributed by atoms with Crippen LogP contribution in [0.15, 0.2) is 59.8 Å². The van der Waals surface area contributed by atoms with E-state index in [0.717, 1.165) is 40.3 Å². The average molecular weight is 344 g/mol. The minimum atomic E-state index is 0.795. The van der Waals surface area contributed by atoms with Gasteiger partial charge in [-0.1, -0.05) is 71.9 Å². The summed E-state index contributed by atoms with van der Waals surface area (Å²) in [6.45, 7) is 2.98. The van der Waals surface area contributed by atoms with Crippen molar-refractivity contribution in [3.8, 4) is 0 Å². The number of halogens is 1. The molecule has 0 unspecified atom stereocenters. The molecule has 0 aliphatic heterocycles. The quantitative estimate of drug-likeness (QED) is 0.600. The van der Waals surface area contributed by atoms with Gasteiger partial charge in [-0.3, -0.25) is 0 Å². The van der Waals surface area contributed by atoms with Crippen LogP contribution in [-0.4, -0.2) is 14.8 Å². The predicted octanol–water partition coefficient (Wildman–Crippen LogP) is 4.83. The molecule has 1 aromatic heterocycles. The van der Waals surface area contributed by atoms with Crippen LogP contribution in [0.3, 0.4) is 0 Å². The fourth-order valence-corrected chi connectivity index (χ4v) is 3.72. The molecule has 0 radical (unpaired) electrons. The van der Waals surface area contributed by atoms with E-state index in [1.807, 2.05) is 30.3 Å². The molecule has 0 N–H and O–H groups in total. The largest absolute Gasteiger partial charge is 0.306 e. The summed E-state index contributed by atoms with van der Waals surface area (Å²) in [5.74, 6) is 1.80. The van der Waals surface area contributed by atoms with Crippen LogP contribution in [0.2, 0.25) is 5.02 Å². The van der Waals surface area contributed by atoms with Crippen molar-refractivity contribution in [2.45, 2.75) is 30.8 Å². The molecule has 23 heavy (non-hydrogen) atoms. The number of hydrogen-bond donors (Lipinski definition) is 0. The maximum Gasteiger partial charge on any atom is 0.191 e. The van der Waals surface area contributed by atoms with Gasteiger partial charge in [0.05, 0.1) is 0 Å². The lowest BCUT2D eigenvalue weighted by Crippen LogP contribution is -2.04. The lowest BCUT2D eigenvalue weighted by Gasteiger charge is -2.08. The van der Waals surface area contributed by atoms with E-state index in [-0.39, 0.29) is 0 Å². The molecule has 0 saturated heterocycles. The van der Waals surface area contributed by atoms with Crippen LogP contribution in [0.1, 0.15) is 23.9 Å². The Kier molecular flexibility index (Phi) is 5.36. The fourth-order valence-electron chi connectivity index (χ4n) is 2.41. The Morgan fingerprint density at radius 1 is 1.00 bits per heavy atom. The number of aromatic nitrogens is 3. The van der Waals surface area contributed by atoms with E-state index in [9.17, 15) is 0 Å². The Morgan fingerprint density at radius 2 is 1.74 bits per heavy atom. The molecule has 3 aromatic rings. The van der Waals surface area contributed by atoms with Crippen LogP contribution in [0, 0.1) is 0 Å². The van der Waals surface area contributed by atoms with Gasteiger partial charge >= 0.3 is 0 Å². The van der Waals surface area contributed by atoms with Gasteiger partial charge in [0, 0.05) is 23.7 Å². The first-order valence-corrected chi connectivity index (χ1v) is 8.96. The molecule has 1 heterocycles. The highest BCUT2D eigenvalue weighted by atomic mass is 35.5. The summed E-state index contributed by atoms with van der Waals surface area (Å²) < 4.78 is 2.18. The van der Waals surface area contributed by atoms with Crippen LogP contribution in [0.4, 0.5) is 0 Å². The maximum atomic E-state index is 6.22. The number of benzene rings is 2. The molecule has 3 rings (SSSR count). The summed E-state index contributed by atoms with van der Waals surface area (Å²) in [7, 11) is 0. The molecular weight excluding hydrogens is 326 g/mol.